The number of aromatic amines is 2. The molecule has 3 rings (SSSR count). The highest BCUT2D eigenvalue weighted by molar-refractivity contribution is 5.97. The van der Waals surface area contributed by atoms with Crippen LogP contribution in [-0.2, 0) is 5.54 Å². The number of carbonyl (C=O) groups is 1. The van der Waals surface area contributed by atoms with Crippen molar-refractivity contribution >= 4 is 16.9 Å². The highest BCUT2D eigenvalue weighted by Gasteiger charge is 2.23. The van der Waals surface area contributed by atoms with E-state index in [0.717, 1.165) is 5.56 Å². The van der Waals surface area contributed by atoms with E-state index in [-0.39, 0.29) is 11.7 Å². The Morgan fingerprint density at radius 3 is 2.20 bits per heavy atom. The number of hydrogen-bond donors (Lipinski definition) is 3. The molecule has 0 unspecified atom stereocenters. The van der Waals surface area contributed by atoms with Crippen LogP contribution in [0.25, 0.3) is 11.0 Å². The second-order valence-electron chi connectivity index (χ2n) is 6.25. The van der Waals surface area contributed by atoms with E-state index in [4.69, 9.17) is 0 Å². The predicted molar refractivity (Wildman–Crippen MR) is 92.1 cm³/mol. The Hall–Kier alpha value is -3.22. The van der Waals surface area contributed by atoms with Gasteiger partial charge in [0.15, 0.2) is 0 Å². The second-order valence-corrected chi connectivity index (χ2v) is 6.25. The first-order valence-corrected chi connectivity index (χ1v) is 7.61. The van der Waals surface area contributed by atoms with Crippen LogP contribution < -0.4 is 16.4 Å². The first-order valence-electron chi connectivity index (χ1n) is 7.61. The summed E-state index contributed by atoms with van der Waals surface area (Å²) >= 11 is 0. The number of rotatable bonds is 3. The van der Waals surface area contributed by atoms with Crippen molar-refractivity contribution in [2.24, 2.45) is 0 Å². The number of carbonyl (C=O) groups excluding carboxylic acids is 1. The van der Waals surface area contributed by atoms with Crippen LogP contribution in [0, 0.1) is 5.82 Å². The number of amides is 1. The van der Waals surface area contributed by atoms with Gasteiger partial charge in [-0.2, -0.15) is 0 Å². The molecule has 0 spiro atoms. The largest absolute Gasteiger partial charge is 0.343 e. The van der Waals surface area contributed by atoms with Gasteiger partial charge in [0.05, 0.1) is 16.6 Å². The van der Waals surface area contributed by atoms with Gasteiger partial charge in [-0.1, -0.05) is 12.1 Å². The average Bonchev–Trinajstić information content (AvgIpc) is 2.55. The normalized spacial score (nSPS) is 11.5. The number of hydrogen-bond acceptors (Lipinski definition) is 3. The SMILES string of the molecule is CC(C)(NC(=O)c1ccc2[nH]c(=O)c(=O)[nH]c2c1)c1ccc(F)cc1. The molecule has 3 N–H and O–H groups in total. The van der Waals surface area contributed by atoms with Crippen molar-refractivity contribution < 1.29 is 9.18 Å². The molecule has 7 heteroatoms. The molecule has 1 aromatic heterocycles. The van der Waals surface area contributed by atoms with E-state index in [9.17, 15) is 18.8 Å². The van der Waals surface area contributed by atoms with Crippen molar-refractivity contribution in [3.8, 4) is 0 Å². The zero-order chi connectivity index (χ0) is 18.2. The molecule has 0 aliphatic carbocycles. The van der Waals surface area contributed by atoms with Gasteiger partial charge < -0.3 is 15.3 Å². The van der Waals surface area contributed by atoms with Gasteiger partial charge in [-0.05, 0) is 49.7 Å². The fraction of sp³-hybridized carbons (Fsp3) is 0.167. The Morgan fingerprint density at radius 1 is 0.960 bits per heavy atom. The fourth-order valence-electron chi connectivity index (χ4n) is 2.55. The lowest BCUT2D eigenvalue weighted by molar-refractivity contribution is 0.0912. The molecule has 0 radical (unpaired) electrons. The predicted octanol–water partition coefficient (Wildman–Crippen LogP) is 2.02. The van der Waals surface area contributed by atoms with E-state index < -0.39 is 16.7 Å². The minimum absolute atomic E-state index is 0.324. The first-order chi connectivity index (χ1) is 11.8. The maximum atomic E-state index is 13.1. The standard InChI is InChI=1S/C18H16FN3O3/c1-18(2,11-4-6-12(19)7-5-11)22-15(23)10-3-8-13-14(9-10)21-17(25)16(24)20-13/h3-9H,1-2H3,(H,20,24)(H,21,25)(H,22,23). The second kappa shape index (κ2) is 6.01. The lowest BCUT2D eigenvalue weighted by atomic mass is 9.94. The number of fused-ring (bicyclic) bond motifs is 1. The van der Waals surface area contributed by atoms with Crippen molar-refractivity contribution in [3.63, 3.8) is 0 Å². The van der Waals surface area contributed by atoms with E-state index in [1.165, 1.54) is 18.2 Å². The Labute approximate surface area is 141 Å². The van der Waals surface area contributed by atoms with Crippen LogP contribution in [0.5, 0.6) is 0 Å². The molecule has 6 nitrogen and oxygen atoms in total. The van der Waals surface area contributed by atoms with Gasteiger partial charge >= 0.3 is 11.1 Å². The van der Waals surface area contributed by atoms with Crippen LogP contribution in [0.15, 0.2) is 52.1 Å². The number of aromatic nitrogens is 2. The van der Waals surface area contributed by atoms with Crippen molar-refractivity contribution in [2.45, 2.75) is 19.4 Å². The molecule has 0 fully saturated rings. The Kier molecular flexibility index (Phi) is 4.00. The Morgan fingerprint density at radius 2 is 1.56 bits per heavy atom. The van der Waals surface area contributed by atoms with Crippen LogP contribution in [0.3, 0.4) is 0 Å². The summed E-state index contributed by atoms with van der Waals surface area (Å²) in [6, 6.07) is 10.5. The molecule has 0 atom stereocenters. The molecule has 3 aromatic rings. The first kappa shape index (κ1) is 16.6. The lowest BCUT2D eigenvalue weighted by Crippen LogP contribution is -2.41. The van der Waals surface area contributed by atoms with Crippen LogP contribution >= 0.6 is 0 Å². The average molecular weight is 341 g/mol. The van der Waals surface area contributed by atoms with E-state index in [0.29, 0.717) is 16.6 Å². The van der Waals surface area contributed by atoms with Crippen LogP contribution in [0.1, 0.15) is 29.8 Å². The van der Waals surface area contributed by atoms with Gasteiger partial charge in [0.2, 0.25) is 0 Å². The highest BCUT2D eigenvalue weighted by Crippen LogP contribution is 2.21. The molecule has 0 saturated carbocycles. The smallest absolute Gasteiger partial charge is 0.314 e. The fourth-order valence-corrected chi connectivity index (χ4v) is 2.55. The van der Waals surface area contributed by atoms with Crippen molar-refractivity contribution in [1.82, 2.24) is 15.3 Å². The third-order valence-corrected chi connectivity index (χ3v) is 3.98. The van der Waals surface area contributed by atoms with E-state index in [2.05, 4.69) is 15.3 Å². The van der Waals surface area contributed by atoms with Crippen molar-refractivity contribution in [2.75, 3.05) is 0 Å². The van der Waals surface area contributed by atoms with Crippen molar-refractivity contribution in [1.29, 1.82) is 0 Å². The van der Waals surface area contributed by atoms with Crippen LogP contribution in [-0.4, -0.2) is 15.9 Å². The molecule has 0 saturated heterocycles. The molecule has 0 aliphatic rings. The molecule has 1 amide bonds. The van der Waals surface area contributed by atoms with E-state index >= 15 is 0 Å². The summed E-state index contributed by atoms with van der Waals surface area (Å²) in [7, 11) is 0. The minimum atomic E-state index is -0.781. The number of halogens is 1. The molecule has 1 heterocycles. The monoisotopic (exact) mass is 341 g/mol. The molecular formula is C18H16FN3O3. The summed E-state index contributed by atoms with van der Waals surface area (Å²) in [4.78, 5) is 40.2. The molecule has 25 heavy (non-hydrogen) atoms. The van der Waals surface area contributed by atoms with Gasteiger partial charge in [-0.25, -0.2) is 4.39 Å². The summed E-state index contributed by atoms with van der Waals surface area (Å²) in [5.74, 6) is -0.707. The zero-order valence-corrected chi connectivity index (χ0v) is 13.6. The van der Waals surface area contributed by atoms with Gasteiger partial charge in [0, 0.05) is 5.56 Å². The maximum Gasteiger partial charge on any atom is 0.314 e. The highest BCUT2D eigenvalue weighted by atomic mass is 19.1. The Bertz CT molecular complexity index is 1070. The van der Waals surface area contributed by atoms with E-state index in [1.54, 1.807) is 38.1 Å². The summed E-state index contributed by atoms with van der Waals surface area (Å²) in [5.41, 5.74) is -0.390. The zero-order valence-electron chi connectivity index (χ0n) is 13.6. The topological polar surface area (TPSA) is 94.8 Å². The summed E-state index contributed by atoms with van der Waals surface area (Å²) in [5, 5.41) is 2.87. The number of nitrogens with one attached hydrogen (secondary N) is 3. The van der Waals surface area contributed by atoms with Crippen LogP contribution in [0.4, 0.5) is 4.39 Å². The quantitative estimate of drug-likeness (QED) is 0.636. The maximum absolute atomic E-state index is 13.1. The molecule has 0 bridgehead atoms. The molecule has 2 aromatic carbocycles. The van der Waals surface area contributed by atoms with Gasteiger partial charge in [-0.15, -0.1) is 0 Å². The molecular weight excluding hydrogens is 325 g/mol. The minimum Gasteiger partial charge on any atom is -0.343 e. The molecule has 0 aliphatic heterocycles. The van der Waals surface area contributed by atoms with Crippen LogP contribution in [0.2, 0.25) is 0 Å². The van der Waals surface area contributed by atoms with Gasteiger partial charge in [0.25, 0.3) is 5.91 Å². The summed E-state index contributed by atoms with van der Waals surface area (Å²) < 4.78 is 13.1. The van der Waals surface area contributed by atoms with Crippen molar-refractivity contribution in [3.05, 3.63) is 80.1 Å². The Balaban J connectivity index is 1.91. The van der Waals surface area contributed by atoms with E-state index in [1.807, 2.05) is 0 Å². The van der Waals surface area contributed by atoms with Gasteiger partial charge in [0.1, 0.15) is 5.82 Å². The number of H-pyrrole nitrogens is 2. The van der Waals surface area contributed by atoms with Gasteiger partial charge in [-0.3, -0.25) is 14.4 Å². The summed E-state index contributed by atoms with van der Waals surface area (Å²) in [6.45, 7) is 3.61. The lowest BCUT2D eigenvalue weighted by Gasteiger charge is -2.27. The third kappa shape index (κ3) is 3.35. The summed E-state index contributed by atoms with van der Waals surface area (Å²) in [6.07, 6.45) is 0. The number of benzene rings is 2. The third-order valence-electron chi connectivity index (χ3n) is 3.98. The molecule has 128 valence electrons.